The van der Waals surface area contributed by atoms with Crippen LogP contribution in [0.15, 0.2) is 48.7 Å². The minimum Gasteiger partial charge on any atom is -0.261 e. The van der Waals surface area contributed by atoms with Crippen LogP contribution in [0.5, 0.6) is 0 Å². The second kappa shape index (κ2) is 7.31. The van der Waals surface area contributed by atoms with Gasteiger partial charge in [0.1, 0.15) is 0 Å². The van der Waals surface area contributed by atoms with E-state index in [1.54, 1.807) is 24.4 Å². The summed E-state index contributed by atoms with van der Waals surface area (Å²) in [5, 5.41) is 0. The van der Waals surface area contributed by atoms with Crippen LogP contribution in [0.1, 0.15) is 16.8 Å². The summed E-state index contributed by atoms with van der Waals surface area (Å²) >= 11 is 0. The van der Waals surface area contributed by atoms with Gasteiger partial charge in [-0.3, -0.25) is 4.98 Å². The minimum atomic E-state index is -4.50. The van der Waals surface area contributed by atoms with E-state index in [2.05, 4.69) is 4.98 Å². The minimum absolute atomic E-state index is 0.106. The monoisotopic (exact) mass is 358 g/mol. The summed E-state index contributed by atoms with van der Waals surface area (Å²) in [4.78, 5) is 4.11. The number of halogens is 3. The summed E-state index contributed by atoms with van der Waals surface area (Å²) in [7, 11) is -2.30. The van der Waals surface area contributed by atoms with E-state index in [-0.39, 0.29) is 12.1 Å². The maximum Gasteiger partial charge on any atom is 0.416 e. The molecular weight excluding hydrogens is 341 g/mol. The van der Waals surface area contributed by atoms with Gasteiger partial charge < -0.3 is 0 Å². The molecule has 4 nitrogen and oxygen atoms in total. The van der Waals surface area contributed by atoms with E-state index in [9.17, 15) is 21.6 Å². The lowest BCUT2D eigenvalue weighted by Crippen LogP contribution is -2.30. The molecule has 0 atom stereocenters. The zero-order valence-electron chi connectivity index (χ0n) is 13.0. The number of sulfonamides is 1. The van der Waals surface area contributed by atoms with E-state index >= 15 is 0 Å². The van der Waals surface area contributed by atoms with Crippen LogP contribution in [-0.4, -0.2) is 31.3 Å². The van der Waals surface area contributed by atoms with Gasteiger partial charge in [-0.2, -0.15) is 13.2 Å². The molecule has 0 amide bonds. The number of alkyl halides is 3. The SMILES string of the molecule is CN(CCc1ccccn1)S(=O)(=O)Cc1cccc(C(F)(F)F)c1. The van der Waals surface area contributed by atoms with Gasteiger partial charge in [0.15, 0.2) is 0 Å². The Morgan fingerprint density at radius 3 is 2.50 bits per heavy atom. The van der Waals surface area contributed by atoms with Crippen LogP contribution in [0, 0.1) is 0 Å². The van der Waals surface area contributed by atoms with Gasteiger partial charge in [0.25, 0.3) is 0 Å². The van der Waals surface area contributed by atoms with Crippen molar-refractivity contribution in [3.8, 4) is 0 Å². The molecule has 0 spiro atoms. The van der Waals surface area contributed by atoms with Crippen molar-refractivity contribution in [1.29, 1.82) is 0 Å². The molecule has 0 saturated heterocycles. The third-order valence-corrected chi connectivity index (χ3v) is 5.32. The smallest absolute Gasteiger partial charge is 0.261 e. The Kier molecular flexibility index (Phi) is 5.61. The lowest BCUT2D eigenvalue weighted by atomic mass is 10.1. The van der Waals surface area contributed by atoms with Crippen LogP contribution in [-0.2, 0) is 28.4 Å². The molecule has 0 fully saturated rings. The highest BCUT2D eigenvalue weighted by atomic mass is 32.2. The molecule has 1 aromatic heterocycles. The number of nitrogens with zero attached hydrogens (tertiary/aromatic N) is 2. The highest BCUT2D eigenvalue weighted by Gasteiger charge is 2.31. The van der Waals surface area contributed by atoms with E-state index in [0.29, 0.717) is 6.42 Å². The van der Waals surface area contributed by atoms with Crippen molar-refractivity contribution < 1.29 is 21.6 Å². The van der Waals surface area contributed by atoms with Crippen molar-refractivity contribution in [3.63, 3.8) is 0 Å². The second-order valence-corrected chi connectivity index (χ2v) is 7.42. The van der Waals surface area contributed by atoms with Crippen molar-refractivity contribution in [2.45, 2.75) is 18.3 Å². The molecular formula is C16H17F3N2O2S. The summed E-state index contributed by atoms with van der Waals surface area (Å²) in [5.41, 5.74) is -0.000492. The van der Waals surface area contributed by atoms with Gasteiger partial charge in [0, 0.05) is 31.9 Å². The zero-order chi connectivity index (χ0) is 17.8. The Hall–Kier alpha value is -1.93. The number of hydrogen-bond acceptors (Lipinski definition) is 3. The van der Waals surface area contributed by atoms with E-state index in [1.165, 1.54) is 19.2 Å². The van der Waals surface area contributed by atoms with Crippen molar-refractivity contribution in [2.75, 3.05) is 13.6 Å². The van der Waals surface area contributed by atoms with Crippen molar-refractivity contribution >= 4 is 10.0 Å². The van der Waals surface area contributed by atoms with Crippen molar-refractivity contribution in [1.82, 2.24) is 9.29 Å². The Labute approximate surface area is 139 Å². The molecule has 8 heteroatoms. The molecule has 1 aromatic carbocycles. The summed E-state index contributed by atoms with van der Waals surface area (Å²) in [6.07, 6.45) is -2.45. The largest absolute Gasteiger partial charge is 0.416 e. The van der Waals surface area contributed by atoms with Crippen molar-refractivity contribution in [2.24, 2.45) is 0 Å². The number of likely N-dealkylation sites (N-methyl/N-ethyl adjacent to an activating group) is 1. The number of hydrogen-bond donors (Lipinski definition) is 0. The normalized spacial score (nSPS) is 12.5. The molecule has 0 aliphatic heterocycles. The Morgan fingerprint density at radius 2 is 1.88 bits per heavy atom. The first-order valence-corrected chi connectivity index (χ1v) is 8.79. The first kappa shape index (κ1) is 18.4. The number of aromatic nitrogens is 1. The molecule has 0 N–H and O–H groups in total. The van der Waals surface area contributed by atoms with E-state index < -0.39 is 27.5 Å². The van der Waals surface area contributed by atoms with Crippen LogP contribution in [0.3, 0.4) is 0 Å². The fourth-order valence-corrected chi connectivity index (χ4v) is 3.31. The summed E-state index contributed by atoms with van der Waals surface area (Å²) in [6.45, 7) is 0.207. The van der Waals surface area contributed by atoms with Crippen LogP contribution in [0.4, 0.5) is 13.2 Å². The molecule has 130 valence electrons. The highest BCUT2D eigenvalue weighted by Crippen LogP contribution is 2.30. The van der Waals surface area contributed by atoms with Crippen LogP contribution in [0.25, 0.3) is 0 Å². The number of benzene rings is 1. The van der Waals surface area contributed by atoms with Crippen LogP contribution in [0.2, 0.25) is 0 Å². The molecule has 0 unspecified atom stereocenters. The molecule has 0 radical (unpaired) electrons. The molecule has 0 aliphatic carbocycles. The topological polar surface area (TPSA) is 50.3 Å². The average Bonchev–Trinajstić information content (AvgIpc) is 2.52. The average molecular weight is 358 g/mol. The second-order valence-electron chi connectivity index (χ2n) is 5.35. The van der Waals surface area contributed by atoms with Gasteiger partial charge in [-0.05, 0) is 23.8 Å². The Balaban J connectivity index is 2.05. The predicted octanol–water partition coefficient (Wildman–Crippen LogP) is 3.10. The molecule has 1 heterocycles. The number of rotatable bonds is 6. The standard InChI is InChI=1S/C16H17F3N2O2S/c1-21(10-8-15-7-2-3-9-20-15)24(22,23)12-13-5-4-6-14(11-13)16(17,18)19/h2-7,9,11H,8,10,12H2,1H3. The van der Waals surface area contributed by atoms with Gasteiger partial charge in [-0.1, -0.05) is 24.3 Å². The first-order chi connectivity index (χ1) is 11.2. The molecule has 2 rings (SSSR count). The predicted molar refractivity (Wildman–Crippen MR) is 84.6 cm³/mol. The fraction of sp³-hybridized carbons (Fsp3) is 0.312. The maximum absolute atomic E-state index is 12.7. The van der Waals surface area contributed by atoms with Gasteiger partial charge >= 0.3 is 6.18 Å². The van der Waals surface area contributed by atoms with E-state index in [4.69, 9.17) is 0 Å². The lowest BCUT2D eigenvalue weighted by molar-refractivity contribution is -0.137. The quantitative estimate of drug-likeness (QED) is 0.797. The highest BCUT2D eigenvalue weighted by molar-refractivity contribution is 7.88. The summed E-state index contributed by atoms with van der Waals surface area (Å²) in [5.74, 6) is -0.477. The summed E-state index contributed by atoms with van der Waals surface area (Å²) in [6, 6.07) is 9.72. The maximum atomic E-state index is 12.7. The molecule has 2 aromatic rings. The van der Waals surface area contributed by atoms with Gasteiger partial charge in [-0.15, -0.1) is 0 Å². The molecule has 0 aliphatic rings. The fourth-order valence-electron chi connectivity index (χ4n) is 2.12. The molecule has 0 bridgehead atoms. The first-order valence-electron chi connectivity index (χ1n) is 7.18. The molecule has 24 heavy (non-hydrogen) atoms. The summed E-state index contributed by atoms with van der Waals surface area (Å²) < 4.78 is 63.9. The third kappa shape index (κ3) is 5.04. The Bertz CT molecular complexity index is 777. The van der Waals surface area contributed by atoms with Crippen LogP contribution >= 0.6 is 0 Å². The zero-order valence-corrected chi connectivity index (χ0v) is 13.8. The molecule has 0 saturated carbocycles. The van der Waals surface area contributed by atoms with Gasteiger partial charge in [0.05, 0.1) is 11.3 Å². The Morgan fingerprint density at radius 1 is 1.12 bits per heavy atom. The lowest BCUT2D eigenvalue weighted by Gasteiger charge is -2.17. The van der Waals surface area contributed by atoms with Gasteiger partial charge in [0.2, 0.25) is 10.0 Å². The van der Waals surface area contributed by atoms with Crippen LogP contribution < -0.4 is 0 Å². The van der Waals surface area contributed by atoms with E-state index in [1.807, 2.05) is 0 Å². The number of pyridine rings is 1. The third-order valence-electron chi connectivity index (χ3n) is 3.49. The van der Waals surface area contributed by atoms with Gasteiger partial charge in [-0.25, -0.2) is 12.7 Å². The van der Waals surface area contributed by atoms with E-state index in [0.717, 1.165) is 22.1 Å². The van der Waals surface area contributed by atoms with Crippen molar-refractivity contribution in [3.05, 3.63) is 65.5 Å².